The smallest absolute Gasteiger partial charge is 0.195 e. The van der Waals surface area contributed by atoms with Crippen LogP contribution in [0.2, 0.25) is 0 Å². The zero-order valence-electron chi connectivity index (χ0n) is 9.81. The number of carbonyl (C=O) groups is 1. The van der Waals surface area contributed by atoms with Crippen LogP contribution in [-0.4, -0.2) is 12.8 Å². The molecule has 0 saturated carbocycles. The Kier molecular flexibility index (Phi) is 4.33. The molecule has 18 heavy (non-hydrogen) atoms. The molecule has 1 heterocycles. The molecule has 0 bridgehead atoms. The van der Waals surface area contributed by atoms with Gasteiger partial charge >= 0.3 is 0 Å². The summed E-state index contributed by atoms with van der Waals surface area (Å²) < 4.78 is 0.970. The molecule has 0 spiro atoms. The van der Waals surface area contributed by atoms with E-state index in [1.165, 1.54) is 11.3 Å². The second-order valence-corrected chi connectivity index (χ2v) is 6.14. The summed E-state index contributed by atoms with van der Waals surface area (Å²) >= 11 is 4.79. The Morgan fingerprint density at radius 3 is 2.50 bits per heavy atom. The van der Waals surface area contributed by atoms with Crippen LogP contribution in [0.4, 0.5) is 5.69 Å². The van der Waals surface area contributed by atoms with Crippen LogP contribution in [-0.2, 0) is 0 Å². The summed E-state index contributed by atoms with van der Waals surface area (Å²) in [5, 5.41) is 3.05. The quantitative estimate of drug-likeness (QED) is 0.666. The number of rotatable bonds is 4. The molecule has 0 radical (unpaired) electrons. The lowest BCUT2D eigenvalue weighted by atomic mass is 10.1. The van der Waals surface area contributed by atoms with E-state index in [-0.39, 0.29) is 5.78 Å². The van der Waals surface area contributed by atoms with Crippen molar-refractivity contribution < 1.29 is 4.79 Å². The van der Waals surface area contributed by atoms with E-state index in [9.17, 15) is 4.79 Å². The molecular formula is C14H12BrNOS. The number of nitrogens with one attached hydrogen (secondary N) is 1. The first-order valence-electron chi connectivity index (χ1n) is 5.44. The van der Waals surface area contributed by atoms with Gasteiger partial charge in [0.1, 0.15) is 0 Å². The van der Waals surface area contributed by atoms with Crippen molar-refractivity contribution in [3.05, 3.63) is 56.7 Å². The van der Waals surface area contributed by atoms with Gasteiger partial charge in [0.2, 0.25) is 0 Å². The van der Waals surface area contributed by atoms with Crippen LogP contribution in [0.1, 0.15) is 15.2 Å². The van der Waals surface area contributed by atoms with E-state index in [0.717, 1.165) is 19.9 Å². The predicted molar refractivity (Wildman–Crippen MR) is 81.4 cm³/mol. The number of allylic oxidation sites excluding steroid dienone is 1. The van der Waals surface area contributed by atoms with Crippen molar-refractivity contribution in [3.63, 3.8) is 0 Å². The van der Waals surface area contributed by atoms with Crippen LogP contribution in [0.25, 0.3) is 6.08 Å². The topological polar surface area (TPSA) is 29.1 Å². The number of ketones is 1. The van der Waals surface area contributed by atoms with Crippen LogP contribution >= 0.6 is 27.3 Å². The first kappa shape index (κ1) is 13.1. The fourth-order valence-electron chi connectivity index (χ4n) is 1.46. The summed E-state index contributed by atoms with van der Waals surface area (Å²) in [5.41, 5.74) is 2.07. The molecule has 1 aromatic carbocycles. The van der Waals surface area contributed by atoms with Crippen LogP contribution in [0, 0.1) is 0 Å². The molecule has 4 heteroatoms. The van der Waals surface area contributed by atoms with Crippen LogP contribution in [0.3, 0.4) is 0 Å². The van der Waals surface area contributed by atoms with Crippen molar-refractivity contribution in [1.82, 2.24) is 0 Å². The van der Waals surface area contributed by atoms with Crippen molar-refractivity contribution in [2.75, 3.05) is 12.4 Å². The third-order valence-electron chi connectivity index (χ3n) is 2.44. The van der Waals surface area contributed by atoms with Gasteiger partial charge in [0.25, 0.3) is 0 Å². The number of halogens is 1. The van der Waals surface area contributed by atoms with Gasteiger partial charge < -0.3 is 5.32 Å². The van der Waals surface area contributed by atoms with Crippen molar-refractivity contribution in [2.45, 2.75) is 0 Å². The largest absolute Gasteiger partial charge is 0.388 e. The Bertz CT molecular complexity index is 572. The molecule has 0 aliphatic heterocycles. The zero-order valence-corrected chi connectivity index (χ0v) is 12.2. The number of thiophene rings is 1. The maximum atomic E-state index is 11.8. The van der Waals surface area contributed by atoms with Crippen LogP contribution in [0.15, 0.2) is 46.3 Å². The van der Waals surface area contributed by atoms with Gasteiger partial charge in [0.15, 0.2) is 5.78 Å². The maximum Gasteiger partial charge on any atom is 0.195 e. The molecule has 2 rings (SSSR count). The Morgan fingerprint density at radius 1 is 1.22 bits per heavy atom. The van der Waals surface area contributed by atoms with Gasteiger partial charge in [-0.15, -0.1) is 11.3 Å². The Labute approximate surface area is 118 Å². The van der Waals surface area contributed by atoms with Crippen LogP contribution in [0.5, 0.6) is 0 Å². The molecule has 0 aliphatic rings. The standard InChI is InChI=1S/C14H12BrNOS/c1-16-11-5-2-10(3-6-11)4-7-12(17)13-8-9-14(15)18-13/h2-9,16H,1H3/b7-4+. The minimum atomic E-state index is 0.0309. The van der Waals surface area contributed by atoms with E-state index in [4.69, 9.17) is 0 Å². The van der Waals surface area contributed by atoms with Gasteiger partial charge in [0.05, 0.1) is 8.66 Å². The van der Waals surface area contributed by atoms with Gasteiger partial charge in [-0.3, -0.25) is 4.79 Å². The van der Waals surface area contributed by atoms with Crippen molar-refractivity contribution in [2.24, 2.45) is 0 Å². The first-order chi connectivity index (χ1) is 8.69. The summed E-state index contributed by atoms with van der Waals surface area (Å²) in [6.07, 6.45) is 3.43. The molecule has 2 aromatic rings. The number of hydrogen-bond acceptors (Lipinski definition) is 3. The number of carbonyl (C=O) groups excluding carboxylic acids is 1. The highest BCUT2D eigenvalue weighted by atomic mass is 79.9. The Morgan fingerprint density at radius 2 is 1.94 bits per heavy atom. The molecule has 92 valence electrons. The Balaban J connectivity index is 2.08. The van der Waals surface area contributed by atoms with Gasteiger partial charge in [-0.2, -0.15) is 0 Å². The zero-order chi connectivity index (χ0) is 13.0. The molecule has 0 aliphatic carbocycles. The molecule has 0 amide bonds. The normalized spacial score (nSPS) is 10.8. The van der Waals surface area contributed by atoms with E-state index in [1.807, 2.05) is 49.5 Å². The molecule has 0 atom stereocenters. The third-order valence-corrected chi connectivity index (χ3v) is 4.08. The van der Waals surface area contributed by atoms with E-state index >= 15 is 0 Å². The fraction of sp³-hybridized carbons (Fsp3) is 0.0714. The lowest BCUT2D eigenvalue weighted by molar-refractivity contribution is 0.105. The molecule has 0 unspecified atom stereocenters. The number of anilines is 1. The Hall–Kier alpha value is -1.39. The van der Waals surface area contributed by atoms with Gasteiger partial charge in [-0.25, -0.2) is 0 Å². The lowest BCUT2D eigenvalue weighted by Gasteiger charge is -1.99. The third kappa shape index (κ3) is 3.31. The maximum absolute atomic E-state index is 11.8. The van der Waals surface area contributed by atoms with E-state index < -0.39 is 0 Å². The molecular weight excluding hydrogens is 310 g/mol. The van der Waals surface area contributed by atoms with Crippen LogP contribution < -0.4 is 5.32 Å². The molecule has 0 fully saturated rings. The van der Waals surface area contributed by atoms with Crippen molar-refractivity contribution in [3.8, 4) is 0 Å². The molecule has 1 aromatic heterocycles. The summed E-state index contributed by atoms with van der Waals surface area (Å²) in [4.78, 5) is 12.6. The number of hydrogen-bond donors (Lipinski definition) is 1. The highest BCUT2D eigenvalue weighted by Gasteiger charge is 2.04. The monoisotopic (exact) mass is 321 g/mol. The highest BCUT2D eigenvalue weighted by Crippen LogP contribution is 2.22. The summed E-state index contributed by atoms with van der Waals surface area (Å²) in [7, 11) is 1.88. The van der Waals surface area contributed by atoms with Gasteiger partial charge in [-0.05, 0) is 51.8 Å². The minimum Gasteiger partial charge on any atom is -0.388 e. The average molecular weight is 322 g/mol. The van der Waals surface area contributed by atoms with Crippen molar-refractivity contribution >= 4 is 44.8 Å². The summed E-state index contributed by atoms with van der Waals surface area (Å²) in [6.45, 7) is 0. The fourth-order valence-corrected chi connectivity index (χ4v) is 2.77. The lowest BCUT2D eigenvalue weighted by Crippen LogP contribution is -1.89. The number of benzene rings is 1. The predicted octanol–water partition coefficient (Wildman–Crippen LogP) is 4.45. The molecule has 2 nitrogen and oxygen atoms in total. The van der Waals surface area contributed by atoms with Gasteiger partial charge in [0, 0.05) is 12.7 Å². The van der Waals surface area contributed by atoms with E-state index in [2.05, 4.69) is 21.2 Å². The minimum absolute atomic E-state index is 0.0309. The second-order valence-electron chi connectivity index (χ2n) is 3.67. The highest BCUT2D eigenvalue weighted by molar-refractivity contribution is 9.11. The van der Waals surface area contributed by atoms with E-state index in [0.29, 0.717) is 0 Å². The molecule has 1 N–H and O–H groups in total. The summed E-state index contributed by atoms with van der Waals surface area (Å²) in [5.74, 6) is 0.0309. The molecule has 0 saturated heterocycles. The SMILES string of the molecule is CNc1ccc(/C=C/C(=O)c2ccc(Br)s2)cc1. The second kappa shape index (κ2) is 5.98. The van der Waals surface area contributed by atoms with E-state index in [1.54, 1.807) is 6.08 Å². The first-order valence-corrected chi connectivity index (χ1v) is 7.05. The van der Waals surface area contributed by atoms with Gasteiger partial charge in [-0.1, -0.05) is 18.2 Å². The summed E-state index contributed by atoms with van der Waals surface area (Å²) in [6, 6.07) is 11.6. The average Bonchev–Trinajstić information content (AvgIpc) is 2.83. The van der Waals surface area contributed by atoms with Crippen molar-refractivity contribution in [1.29, 1.82) is 0 Å².